The van der Waals surface area contributed by atoms with Crippen LogP contribution in [0.3, 0.4) is 0 Å². The third kappa shape index (κ3) is 3.66. The molecule has 1 rings (SSSR count). The van der Waals surface area contributed by atoms with Gasteiger partial charge in [0, 0.05) is 13.0 Å². The van der Waals surface area contributed by atoms with Crippen LogP contribution in [0.5, 0.6) is 0 Å². The molecule has 0 aromatic rings. The van der Waals surface area contributed by atoms with Crippen molar-refractivity contribution in [2.45, 2.75) is 32.6 Å². The molecular formula is C11H21NO2. The molecular weight excluding hydrogens is 178 g/mol. The van der Waals surface area contributed by atoms with E-state index in [2.05, 4.69) is 16.6 Å². The molecule has 0 saturated carbocycles. The second-order valence-corrected chi connectivity index (χ2v) is 4.07. The highest BCUT2D eigenvalue weighted by atomic mass is 16.5. The van der Waals surface area contributed by atoms with Crippen molar-refractivity contribution in [1.29, 1.82) is 0 Å². The summed E-state index contributed by atoms with van der Waals surface area (Å²) in [6.45, 7) is 5.79. The monoisotopic (exact) mass is 199 g/mol. The average molecular weight is 199 g/mol. The molecule has 0 aromatic heterocycles. The Hall–Kier alpha value is -0.570. The first-order valence-corrected chi connectivity index (χ1v) is 5.55. The van der Waals surface area contributed by atoms with E-state index in [1.54, 1.807) is 0 Å². The lowest BCUT2D eigenvalue weighted by Gasteiger charge is -2.14. The molecule has 3 nitrogen and oxygen atoms in total. The minimum absolute atomic E-state index is 0.0704. The minimum atomic E-state index is -0.0704. The van der Waals surface area contributed by atoms with E-state index >= 15 is 0 Å². The van der Waals surface area contributed by atoms with E-state index in [4.69, 9.17) is 0 Å². The Morgan fingerprint density at radius 1 is 1.57 bits per heavy atom. The first-order valence-electron chi connectivity index (χ1n) is 5.55. The van der Waals surface area contributed by atoms with Crippen molar-refractivity contribution < 1.29 is 9.53 Å². The van der Waals surface area contributed by atoms with Crippen LogP contribution >= 0.6 is 0 Å². The van der Waals surface area contributed by atoms with E-state index in [0.29, 0.717) is 12.3 Å². The third-order valence-electron chi connectivity index (χ3n) is 2.89. The second kappa shape index (κ2) is 6.02. The van der Waals surface area contributed by atoms with Gasteiger partial charge in [-0.15, -0.1) is 0 Å². The first-order chi connectivity index (χ1) is 6.76. The van der Waals surface area contributed by atoms with Crippen LogP contribution < -0.4 is 0 Å². The number of hydrogen-bond acceptors (Lipinski definition) is 3. The van der Waals surface area contributed by atoms with Crippen LogP contribution in [0, 0.1) is 5.92 Å². The second-order valence-electron chi connectivity index (χ2n) is 4.07. The maximum Gasteiger partial charge on any atom is 0.305 e. The fraction of sp³-hybridized carbons (Fsp3) is 0.909. The van der Waals surface area contributed by atoms with E-state index in [-0.39, 0.29) is 5.97 Å². The van der Waals surface area contributed by atoms with Gasteiger partial charge in [-0.3, -0.25) is 4.79 Å². The lowest BCUT2D eigenvalue weighted by Crippen LogP contribution is -2.21. The zero-order valence-corrected chi connectivity index (χ0v) is 9.29. The molecule has 1 unspecified atom stereocenters. The maximum absolute atomic E-state index is 10.9. The zero-order chi connectivity index (χ0) is 10.4. The van der Waals surface area contributed by atoms with E-state index in [0.717, 1.165) is 6.42 Å². The molecule has 0 radical (unpaired) electrons. The molecule has 3 heteroatoms. The highest BCUT2D eigenvalue weighted by Crippen LogP contribution is 2.21. The van der Waals surface area contributed by atoms with Crippen LogP contribution in [-0.4, -0.2) is 37.6 Å². The van der Waals surface area contributed by atoms with E-state index in [1.807, 2.05) is 0 Å². The van der Waals surface area contributed by atoms with Gasteiger partial charge in [-0.1, -0.05) is 6.92 Å². The van der Waals surface area contributed by atoms with Gasteiger partial charge in [0.05, 0.1) is 7.11 Å². The van der Waals surface area contributed by atoms with Gasteiger partial charge in [0.25, 0.3) is 0 Å². The number of likely N-dealkylation sites (tertiary alicyclic amines) is 1. The van der Waals surface area contributed by atoms with Crippen molar-refractivity contribution >= 4 is 5.97 Å². The van der Waals surface area contributed by atoms with Gasteiger partial charge in [-0.2, -0.15) is 0 Å². The predicted molar refractivity (Wildman–Crippen MR) is 56.1 cm³/mol. The normalized spacial score (nSPS) is 22.6. The molecule has 0 aromatic carbocycles. The fourth-order valence-corrected chi connectivity index (χ4v) is 2.09. The Morgan fingerprint density at radius 2 is 2.36 bits per heavy atom. The minimum Gasteiger partial charge on any atom is -0.469 e. The Morgan fingerprint density at radius 3 is 3.00 bits per heavy atom. The smallest absolute Gasteiger partial charge is 0.305 e. The Bertz CT molecular complexity index is 182. The molecule has 0 amide bonds. The molecule has 1 fully saturated rings. The van der Waals surface area contributed by atoms with Gasteiger partial charge >= 0.3 is 5.97 Å². The standard InChI is InChI=1S/C11H21NO2/c1-3-7-12-8-6-10(9-12)4-5-11(13)14-2/h10H,3-9H2,1-2H3. The average Bonchev–Trinajstić information content (AvgIpc) is 2.63. The Labute approximate surface area is 86.4 Å². The van der Waals surface area contributed by atoms with Crippen LogP contribution in [-0.2, 0) is 9.53 Å². The summed E-state index contributed by atoms with van der Waals surface area (Å²) in [7, 11) is 1.46. The van der Waals surface area contributed by atoms with Crippen molar-refractivity contribution in [3.63, 3.8) is 0 Å². The molecule has 1 heterocycles. The first kappa shape index (κ1) is 11.5. The summed E-state index contributed by atoms with van der Waals surface area (Å²) >= 11 is 0. The van der Waals surface area contributed by atoms with Gasteiger partial charge in [-0.05, 0) is 38.3 Å². The van der Waals surface area contributed by atoms with E-state index in [1.165, 1.54) is 39.6 Å². The van der Waals surface area contributed by atoms with Crippen LogP contribution in [0.1, 0.15) is 32.6 Å². The summed E-state index contributed by atoms with van der Waals surface area (Å²) in [4.78, 5) is 13.4. The molecule has 1 saturated heterocycles. The summed E-state index contributed by atoms with van der Waals surface area (Å²) in [6.07, 6.45) is 4.05. The molecule has 14 heavy (non-hydrogen) atoms. The quantitative estimate of drug-likeness (QED) is 0.631. The van der Waals surface area contributed by atoms with E-state index < -0.39 is 0 Å². The SMILES string of the molecule is CCCN1CCC(CCC(=O)OC)C1. The number of carbonyl (C=O) groups excluding carboxylic acids is 1. The van der Waals surface area contributed by atoms with Crippen LogP contribution in [0.4, 0.5) is 0 Å². The maximum atomic E-state index is 10.9. The van der Waals surface area contributed by atoms with Crippen molar-refractivity contribution in [1.82, 2.24) is 4.90 Å². The molecule has 1 aliphatic heterocycles. The Kier molecular flexibility index (Phi) is 4.94. The van der Waals surface area contributed by atoms with Crippen molar-refractivity contribution in [3.8, 4) is 0 Å². The van der Waals surface area contributed by atoms with Crippen molar-refractivity contribution in [2.24, 2.45) is 5.92 Å². The number of carbonyl (C=O) groups is 1. The zero-order valence-electron chi connectivity index (χ0n) is 9.29. The number of hydrogen-bond donors (Lipinski definition) is 0. The summed E-state index contributed by atoms with van der Waals surface area (Å²) in [5, 5.41) is 0. The highest BCUT2D eigenvalue weighted by molar-refractivity contribution is 5.69. The van der Waals surface area contributed by atoms with Crippen LogP contribution in [0.15, 0.2) is 0 Å². The molecule has 0 bridgehead atoms. The third-order valence-corrected chi connectivity index (χ3v) is 2.89. The molecule has 1 aliphatic rings. The predicted octanol–water partition coefficient (Wildman–Crippen LogP) is 1.67. The van der Waals surface area contributed by atoms with Crippen LogP contribution in [0.2, 0.25) is 0 Å². The largest absolute Gasteiger partial charge is 0.469 e. The molecule has 0 N–H and O–H groups in total. The number of esters is 1. The van der Waals surface area contributed by atoms with Gasteiger partial charge in [-0.25, -0.2) is 0 Å². The summed E-state index contributed by atoms with van der Waals surface area (Å²) in [5.74, 6) is 0.639. The summed E-state index contributed by atoms with van der Waals surface area (Å²) < 4.78 is 4.63. The van der Waals surface area contributed by atoms with Gasteiger partial charge in [0.15, 0.2) is 0 Å². The van der Waals surface area contributed by atoms with E-state index in [9.17, 15) is 4.79 Å². The van der Waals surface area contributed by atoms with Gasteiger partial charge in [0.1, 0.15) is 0 Å². The number of methoxy groups -OCH3 is 1. The fourth-order valence-electron chi connectivity index (χ4n) is 2.09. The molecule has 1 atom stereocenters. The number of rotatable bonds is 5. The Balaban J connectivity index is 2.13. The van der Waals surface area contributed by atoms with Gasteiger partial charge in [0.2, 0.25) is 0 Å². The highest BCUT2D eigenvalue weighted by Gasteiger charge is 2.21. The topological polar surface area (TPSA) is 29.5 Å². The lowest BCUT2D eigenvalue weighted by atomic mass is 10.0. The van der Waals surface area contributed by atoms with Crippen molar-refractivity contribution in [3.05, 3.63) is 0 Å². The molecule has 82 valence electrons. The summed E-state index contributed by atoms with van der Waals surface area (Å²) in [5.41, 5.74) is 0. The van der Waals surface area contributed by atoms with Crippen molar-refractivity contribution in [2.75, 3.05) is 26.7 Å². The lowest BCUT2D eigenvalue weighted by molar-refractivity contribution is -0.140. The van der Waals surface area contributed by atoms with Gasteiger partial charge < -0.3 is 9.64 Å². The summed E-state index contributed by atoms with van der Waals surface area (Å²) in [6, 6.07) is 0. The molecule has 0 aliphatic carbocycles. The number of ether oxygens (including phenoxy) is 1. The molecule has 0 spiro atoms. The number of nitrogens with zero attached hydrogens (tertiary/aromatic N) is 1. The van der Waals surface area contributed by atoms with Crippen LogP contribution in [0.25, 0.3) is 0 Å².